The number of benzene rings is 1. The normalized spacial score (nSPS) is 14.9. The molecule has 1 aromatic carbocycles. The van der Waals surface area contributed by atoms with E-state index in [1.54, 1.807) is 4.90 Å². The van der Waals surface area contributed by atoms with Crippen LogP contribution in [0.1, 0.15) is 24.8 Å². The Balaban J connectivity index is 2.08. The molecule has 1 aliphatic rings. The number of carbonyl (C=O) groups is 1. The maximum Gasteiger partial charge on any atom is 0.304 e. The first-order chi connectivity index (χ1) is 8.97. The number of hydrogen-bond donors (Lipinski definition) is 1. The molecule has 1 fully saturated rings. The molecule has 1 aliphatic carbocycles. The van der Waals surface area contributed by atoms with Crippen LogP contribution in [0.3, 0.4) is 0 Å². The first-order valence-corrected chi connectivity index (χ1v) is 6.06. The van der Waals surface area contributed by atoms with E-state index in [9.17, 15) is 18.0 Å². The maximum atomic E-state index is 13.5. The van der Waals surface area contributed by atoms with Crippen molar-refractivity contribution in [2.45, 2.75) is 31.8 Å². The molecule has 0 saturated heterocycles. The number of rotatable bonds is 6. The summed E-state index contributed by atoms with van der Waals surface area (Å²) in [5.74, 6) is -4.05. The van der Waals surface area contributed by atoms with E-state index < -0.39 is 23.4 Å². The van der Waals surface area contributed by atoms with Crippen LogP contribution in [0, 0.1) is 17.5 Å². The molecule has 0 amide bonds. The van der Waals surface area contributed by atoms with Crippen molar-refractivity contribution in [1.29, 1.82) is 0 Å². The van der Waals surface area contributed by atoms with Gasteiger partial charge in [0.15, 0.2) is 11.6 Å². The van der Waals surface area contributed by atoms with Gasteiger partial charge in [0.1, 0.15) is 5.82 Å². The predicted octanol–water partition coefficient (Wildman–Crippen LogP) is 2.54. The van der Waals surface area contributed by atoms with Crippen LogP contribution in [0.2, 0.25) is 0 Å². The number of carboxylic acids is 1. The number of carboxylic acid groups (broad SMARTS) is 1. The second-order valence-electron chi connectivity index (χ2n) is 4.70. The molecule has 0 heterocycles. The Labute approximate surface area is 108 Å². The molecule has 0 spiro atoms. The standard InChI is InChI=1S/C13H14F3NO2/c14-10-6-12(16)11(15)5-8(10)7-17(9-1-2-9)4-3-13(18)19/h5-6,9H,1-4,7H2,(H,18,19). The van der Waals surface area contributed by atoms with Crippen molar-refractivity contribution in [3.63, 3.8) is 0 Å². The van der Waals surface area contributed by atoms with Gasteiger partial charge in [0.25, 0.3) is 0 Å². The van der Waals surface area contributed by atoms with Gasteiger partial charge in [0, 0.05) is 30.8 Å². The molecule has 0 aromatic heterocycles. The summed E-state index contributed by atoms with van der Waals surface area (Å²) in [6.45, 7) is 0.374. The van der Waals surface area contributed by atoms with Crippen molar-refractivity contribution in [2.75, 3.05) is 6.54 Å². The summed E-state index contributed by atoms with van der Waals surface area (Å²) in [4.78, 5) is 12.4. The van der Waals surface area contributed by atoms with Crippen LogP contribution in [0.5, 0.6) is 0 Å². The van der Waals surface area contributed by atoms with Gasteiger partial charge in [0.05, 0.1) is 6.42 Å². The van der Waals surface area contributed by atoms with E-state index in [0.717, 1.165) is 18.9 Å². The van der Waals surface area contributed by atoms with Gasteiger partial charge in [-0.1, -0.05) is 0 Å². The summed E-state index contributed by atoms with van der Waals surface area (Å²) in [5, 5.41) is 8.66. The molecule has 0 unspecified atom stereocenters. The second-order valence-corrected chi connectivity index (χ2v) is 4.70. The van der Waals surface area contributed by atoms with Gasteiger partial charge in [-0.15, -0.1) is 0 Å². The second kappa shape index (κ2) is 5.61. The van der Waals surface area contributed by atoms with Crippen LogP contribution in [-0.4, -0.2) is 28.6 Å². The van der Waals surface area contributed by atoms with Crippen molar-refractivity contribution in [3.05, 3.63) is 35.1 Å². The molecule has 1 saturated carbocycles. The predicted molar refractivity (Wildman–Crippen MR) is 62.0 cm³/mol. The molecule has 0 aliphatic heterocycles. The monoisotopic (exact) mass is 273 g/mol. The van der Waals surface area contributed by atoms with Crippen molar-refractivity contribution in [1.82, 2.24) is 4.90 Å². The fourth-order valence-electron chi connectivity index (χ4n) is 1.97. The third-order valence-corrected chi connectivity index (χ3v) is 3.14. The summed E-state index contributed by atoms with van der Waals surface area (Å²) < 4.78 is 39.4. The van der Waals surface area contributed by atoms with E-state index in [1.165, 1.54) is 0 Å². The summed E-state index contributed by atoms with van der Waals surface area (Å²) in [6.07, 6.45) is 1.79. The lowest BCUT2D eigenvalue weighted by atomic mass is 10.1. The van der Waals surface area contributed by atoms with E-state index in [-0.39, 0.29) is 31.1 Å². The van der Waals surface area contributed by atoms with Crippen LogP contribution < -0.4 is 0 Å². The molecular weight excluding hydrogens is 259 g/mol. The highest BCUT2D eigenvalue weighted by Crippen LogP contribution is 2.29. The van der Waals surface area contributed by atoms with E-state index >= 15 is 0 Å². The van der Waals surface area contributed by atoms with Gasteiger partial charge in [-0.3, -0.25) is 9.69 Å². The average Bonchev–Trinajstić information content (AvgIpc) is 3.14. The Bertz CT molecular complexity index is 489. The summed E-state index contributed by atoms with van der Waals surface area (Å²) in [7, 11) is 0. The van der Waals surface area contributed by atoms with Crippen LogP contribution in [0.15, 0.2) is 12.1 Å². The molecular formula is C13H14F3NO2. The third kappa shape index (κ3) is 3.70. The Morgan fingerprint density at radius 1 is 1.21 bits per heavy atom. The molecule has 1 N–H and O–H groups in total. The van der Waals surface area contributed by atoms with Crippen molar-refractivity contribution < 1.29 is 23.1 Å². The summed E-state index contributed by atoms with van der Waals surface area (Å²) in [6, 6.07) is 1.57. The summed E-state index contributed by atoms with van der Waals surface area (Å²) in [5.41, 5.74) is 0.0520. The molecule has 0 bridgehead atoms. The zero-order chi connectivity index (χ0) is 14.0. The number of halogens is 3. The highest BCUT2D eigenvalue weighted by Gasteiger charge is 2.29. The zero-order valence-electron chi connectivity index (χ0n) is 10.2. The first-order valence-electron chi connectivity index (χ1n) is 6.06. The van der Waals surface area contributed by atoms with Gasteiger partial charge < -0.3 is 5.11 Å². The third-order valence-electron chi connectivity index (χ3n) is 3.14. The Kier molecular flexibility index (Phi) is 4.09. The van der Waals surface area contributed by atoms with E-state index in [1.807, 2.05) is 0 Å². The smallest absolute Gasteiger partial charge is 0.304 e. The highest BCUT2D eigenvalue weighted by atomic mass is 19.2. The lowest BCUT2D eigenvalue weighted by molar-refractivity contribution is -0.137. The van der Waals surface area contributed by atoms with Gasteiger partial charge >= 0.3 is 5.97 Å². The maximum absolute atomic E-state index is 13.5. The topological polar surface area (TPSA) is 40.5 Å². The van der Waals surface area contributed by atoms with Crippen molar-refractivity contribution >= 4 is 5.97 Å². The molecule has 3 nitrogen and oxygen atoms in total. The minimum Gasteiger partial charge on any atom is -0.481 e. The van der Waals surface area contributed by atoms with Gasteiger partial charge in [-0.05, 0) is 18.9 Å². The van der Waals surface area contributed by atoms with E-state index in [4.69, 9.17) is 5.11 Å². The molecule has 1 aromatic rings. The van der Waals surface area contributed by atoms with Crippen LogP contribution in [0.4, 0.5) is 13.2 Å². The van der Waals surface area contributed by atoms with Crippen molar-refractivity contribution in [2.24, 2.45) is 0 Å². The van der Waals surface area contributed by atoms with Crippen LogP contribution in [-0.2, 0) is 11.3 Å². The fourth-order valence-corrected chi connectivity index (χ4v) is 1.97. The average molecular weight is 273 g/mol. The largest absolute Gasteiger partial charge is 0.481 e. The number of aliphatic carboxylic acids is 1. The number of nitrogens with zero attached hydrogens (tertiary/aromatic N) is 1. The number of hydrogen-bond acceptors (Lipinski definition) is 2. The molecule has 2 rings (SSSR count). The van der Waals surface area contributed by atoms with E-state index in [2.05, 4.69) is 0 Å². The Morgan fingerprint density at radius 2 is 1.84 bits per heavy atom. The Hall–Kier alpha value is -1.56. The van der Waals surface area contributed by atoms with Crippen LogP contribution >= 0.6 is 0 Å². The summed E-state index contributed by atoms with van der Waals surface area (Å²) >= 11 is 0. The van der Waals surface area contributed by atoms with Crippen molar-refractivity contribution in [3.8, 4) is 0 Å². The first kappa shape index (κ1) is 13.9. The quantitative estimate of drug-likeness (QED) is 0.810. The minimum atomic E-state index is -1.22. The van der Waals surface area contributed by atoms with Gasteiger partial charge in [-0.25, -0.2) is 13.2 Å². The van der Waals surface area contributed by atoms with Gasteiger partial charge in [0.2, 0.25) is 0 Å². The lowest BCUT2D eigenvalue weighted by Gasteiger charge is -2.21. The Morgan fingerprint density at radius 3 is 2.42 bits per heavy atom. The molecule has 0 atom stereocenters. The highest BCUT2D eigenvalue weighted by molar-refractivity contribution is 5.66. The lowest BCUT2D eigenvalue weighted by Crippen LogP contribution is -2.28. The SMILES string of the molecule is O=C(O)CCN(Cc1cc(F)c(F)cc1F)C1CC1. The van der Waals surface area contributed by atoms with Crippen LogP contribution in [0.25, 0.3) is 0 Å². The minimum absolute atomic E-state index is 0.0520. The molecule has 104 valence electrons. The van der Waals surface area contributed by atoms with E-state index in [0.29, 0.717) is 6.07 Å². The zero-order valence-corrected chi connectivity index (χ0v) is 10.2. The molecule has 6 heteroatoms. The fraction of sp³-hybridized carbons (Fsp3) is 0.462. The molecule has 19 heavy (non-hydrogen) atoms. The van der Waals surface area contributed by atoms with Gasteiger partial charge in [-0.2, -0.15) is 0 Å². The molecule has 0 radical (unpaired) electrons.